The molecule has 2 N–H and O–H groups in total. The SMILES string of the molecule is COc1ccc(C2CC(c3ccc([N+](=O)[O-])cc3)=NN2C(=O)CSc2nnc(N)s2)cc1. The zero-order valence-corrected chi connectivity index (χ0v) is 18.5. The number of aromatic nitrogens is 2. The summed E-state index contributed by atoms with van der Waals surface area (Å²) in [7, 11) is 1.59. The van der Waals surface area contributed by atoms with Gasteiger partial charge in [0.25, 0.3) is 11.6 Å². The number of nitrogens with two attached hydrogens (primary N) is 1. The Morgan fingerprint density at radius 2 is 1.97 bits per heavy atom. The first-order valence-electron chi connectivity index (χ1n) is 9.44. The second-order valence-electron chi connectivity index (χ2n) is 6.78. The maximum Gasteiger partial charge on any atom is 0.269 e. The van der Waals surface area contributed by atoms with Crippen LogP contribution in [-0.4, -0.2) is 44.6 Å². The van der Waals surface area contributed by atoms with Crippen molar-refractivity contribution >= 4 is 45.5 Å². The molecule has 0 fully saturated rings. The molecule has 2 heterocycles. The number of hydrogen-bond donors (Lipinski definition) is 1. The Morgan fingerprint density at radius 3 is 2.56 bits per heavy atom. The summed E-state index contributed by atoms with van der Waals surface area (Å²) in [5.41, 5.74) is 7.92. The summed E-state index contributed by atoms with van der Waals surface area (Å²) in [5.74, 6) is 0.644. The van der Waals surface area contributed by atoms with Crippen molar-refractivity contribution in [2.24, 2.45) is 5.10 Å². The van der Waals surface area contributed by atoms with Gasteiger partial charge in [0.1, 0.15) is 5.75 Å². The van der Waals surface area contributed by atoms with Crippen molar-refractivity contribution in [1.29, 1.82) is 0 Å². The van der Waals surface area contributed by atoms with Gasteiger partial charge in [-0.3, -0.25) is 14.9 Å². The van der Waals surface area contributed by atoms with Crippen molar-refractivity contribution in [3.05, 3.63) is 69.8 Å². The molecule has 0 aliphatic carbocycles. The predicted molar refractivity (Wildman–Crippen MR) is 122 cm³/mol. The van der Waals surface area contributed by atoms with E-state index in [1.807, 2.05) is 24.3 Å². The number of anilines is 1. The van der Waals surface area contributed by atoms with Crippen LogP contribution in [-0.2, 0) is 4.79 Å². The van der Waals surface area contributed by atoms with Crippen LogP contribution in [0.1, 0.15) is 23.6 Å². The third kappa shape index (κ3) is 4.70. The van der Waals surface area contributed by atoms with Gasteiger partial charge < -0.3 is 10.5 Å². The molecule has 0 saturated carbocycles. The number of hydrogen-bond acceptors (Lipinski definition) is 10. The van der Waals surface area contributed by atoms with E-state index in [2.05, 4.69) is 15.3 Å². The average Bonchev–Trinajstić information content (AvgIpc) is 3.44. The van der Waals surface area contributed by atoms with E-state index in [0.29, 0.717) is 27.4 Å². The van der Waals surface area contributed by atoms with Crippen LogP contribution in [0.3, 0.4) is 0 Å². The average molecular weight is 471 g/mol. The fourth-order valence-electron chi connectivity index (χ4n) is 3.24. The number of nitro benzene ring substituents is 1. The van der Waals surface area contributed by atoms with Crippen molar-refractivity contribution in [3.63, 3.8) is 0 Å². The molecule has 4 rings (SSSR count). The monoisotopic (exact) mass is 470 g/mol. The number of nitrogen functional groups attached to an aromatic ring is 1. The van der Waals surface area contributed by atoms with Gasteiger partial charge in [-0.1, -0.05) is 35.2 Å². The lowest BCUT2D eigenvalue weighted by Crippen LogP contribution is -2.28. The van der Waals surface area contributed by atoms with Crippen LogP contribution in [0.2, 0.25) is 0 Å². The van der Waals surface area contributed by atoms with Crippen molar-refractivity contribution in [3.8, 4) is 5.75 Å². The van der Waals surface area contributed by atoms with Gasteiger partial charge in [0.05, 0.1) is 29.5 Å². The van der Waals surface area contributed by atoms with Crippen LogP contribution in [0.5, 0.6) is 5.75 Å². The number of methoxy groups -OCH3 is 1. The Labute approximate surface area is 191 Å². The minimum atomic E-state index is -0.451. The first kappa shape index (κ1) is 21.7. The molecule has 1 aromatic heterocycles. The van der Waals surface area contributed by atoms with E-state index in [1.165, 1.54) is 40.2 Å². The molecule has 164 valence electrons. The molecule has 3 aromatic rings. The molecular weight excluding hydrogens is 452 g/mol. The Balaban J connectivity index is 1.59. The first-order valence-corrected chi connectivity index (χ1v) is 11.2. The number of benzene rings is 2. The van der Waals surface area contributed by atoms with Gasteiger partial charge in [-0.2, -0.15) is 5.10 Å². The fourth-order valence-corrected chi connectivity index (χ4v) is 4.73. The molecule has 1 unspecified atom stereocenters. The highest BCUT2D eigenvalue weighted by Crippen LogP contribution is 2.35. The molecular formula is C20H18N6O4S2. The van der Waals surface area contributed by atoms with Crippen LogP contribution in [0.4, 0.5) is 10.8 Å². The highest BCUT2D eigenvalue weighted by Gasteiger charge is 2.33. The van der Waals surface area contributed by atoms with E-state index in [-0.39, 0.29) is 23.4 Å². The normalized spacial score (nSPS) is 15.5. The number of thioether (sulfide) groups is 1. The van der Waals surface area contributed by atoms with Gasteiger partial charge in [-0.25, -0.2) is 5.01 Å². The van der Waals surface area contributed by atoms with Gasteiger partial charge in [0.2, 0.25) is 5.13 Å². The van der Waals surface area contributed by atoms with Gasteiger partial charge >= 0.3 is 0 Å². The molecule has 0 radical (unpaired) electrons. The highest BCUT2D eigenvalue weighted by molar-refractivity contribution is 8.01. The van der Waals surface area contributed by atoms with Crippen LogP contribution in [0, 0.1) is 10.1 Å². The summed E-state index contributed by atoms with van der Waals surface area (Å²) in [6.45, 7) is 0. The molecule has 10 nitrogen and oxygen atoms in total. The molecule has 1 aliphatic rings. The van der Waals surface area contributed by atoms with Crippen molar-refractivity contribution < 1.29 is 14.5 Å². The van der Waals surface area contributed by atoms with E-state index < -0.39 is 4.92 Å². The number of non-ortho nitro benzene ring substituents is 1. The highest BCUT2D eigenvalue weighted by atomic mass is 32.2. The van der Waals surface area contributed by atoms with Gasteiger partial charge in [-0.15, -0.1) is 10.2 Å². The number of hydrazone groups is 1. The summed E-state index contributed by atoms with van der Waals surface area (Å²) in [4.78, 5) is 23.6. The van der Waals surface area contributed by atoms with E-state index >= 15 is 0 Å². The van der Waals surface area contributed by atoms with E-state index in [0.717, 1.165) is 11.1 Å². The lowest BCUT2D eigenvalue weighted by molar-refractivity contribution is -0.384. The van der Waals surface area contributed by atoms with Crippen LogP contribution in [0.25, 0.3) is 0 Å². The Kier molecular flexibility index (Phi) is 6.32. The van der Waals surface area contributed by atoms with Crippen molar-refractivity contribution in [2.45, 2.75) is 16.8 Å². The van der Waals surface area contributed by atoms with E-state index in [1.54, 1.807) is 19.2 Å². The summed E-state index contributed by atoms with van der Waals surface area (Å²) >= 11 is 2.47. The maximum atomic E-state index is 13.1. The van der Waals surface area contributed by atoms with Crippen LogP contribution >= 0.6 is 23.1 Å². The molecule has 2 aromatic carbocycles. The Morgan fingerprint density at radius 1 is 1.25 bits per heavy atom. The van der Waals surface area contributed by atoms with Gasteiger partial charge in [0, 0.05) is 18.6 Å². The summed E-state index contributed by atoms with van der Waals surface area (Å²) in [6, 6.07) is 13.3. The van der Waals surface area contributed by atoms with Gasteiger partial charge in [-0.05, 0) is 35.4 Å². The van der Waals surface area contributed by atoms with Crippen LogP contribution < -0.4 is 10.5 Å². The molecule has 32 heavy (non-hydrogen) atoms. The molecule has 1 amide bonds. The van der Waals surface area contributed by atoms with Crippen molar-refractivity contribution in [2.75, 3.05) is 18.6 Å². The lowest BCUT2D eigenvalue weighted by Gasteiger charge is -2.22. The van der Waals surface area contributed by atoms with Crippen LogP contribution in [0.15, 0.2) is 58.0 Å². The number of ether oxygens (including phenoxy) is 1. The van der Waals surface area contributed by atoms with Gasteiger partial charge in [0.15, 0.2) is 4.34 Å². The standard InChI is InChI=1S/C20H18N6O4S2/c1-30-15-8-4-13(5-9-15)17-10-16(12-2-6-14(7-3-12)26(28)29)24-25(17)18(27)11-31-20-23-22-19(21)32-20/h2-9,17H,10-11H2,1H3,(H2,21,22). The number of carbonyl (C=O) groups excluding carboxylic acids is 1. The van der Waals surface area contributed by atoms with E-state index in [9.17, 15) is 14.9 Å². The Bertz CT molecular complexity index is 1160. The summed E-state index contributed by atoms with van der Waals surface area (Å²) in [6.07, 6.45) is 0.478. The minimum Gasteiger partial charge on any atom is -0.497 e. The fraction of sp³-hybridized carbons (Fsp3) is 0.200. The molecule has 12 heteroatoms. The second-order valence-corrected chi connectivity index (χ2v) is 9.01. The predicted octanol–water partition coefficient (Wildman–Crippen LogP) is 3.51. The minimum absolute atomic E-state index is 0.000265. The maximum absolute atomic E-state index is 13.1. The molecule has 0 saturated heterocycles. The third-order valence-electron chi connectivity index (χ3n) is 4.82. The third-order valence-corrected chi connectivity index (χ3v) is 6.69. The lowest BCUT2D eigenvalue weighted by atomic mass is 9.98. The number of nitro groups is 1. The molecule has 1 aliphatic heterocycles. The smallest absolute Gasteiger partial charge is 0.269 e. The summed E-state index contributed by atoms with van der Waals surface area (Å²) < 4.78 is 5.83. The first-order chi connectivity index (χ1) is 15.4. The quantitative estimate of drug-likeness (QED) is 0.315. The number of amides is 1. The second kappa shape index (κ2) is 9.32. The van der Waals surface area contributed by atoms with E-state index in [4.69, 9.17) is 10.5 Å². The number of carbonyl (C=O) groups is 1. The topological polar surface area (TPSA) is 137 Å². The zero-order valence-electron chi connectivity index (χ0n) is 16.9. The zero-order chi connectivity index (χ0) is 22.7. The number of nitrogens with zero attached hydrogens (tertiary/aromatic N) is 5. The van der Waals surface area contributed by atoms with Crippen molar-refractivity contribution in [1.82, 2.24) is 15.2 Å². The molecule has 0 spiro atoms. The molecule has 0 bridgehead atoms. The Hall–Kier alpha value is -3.51. The summed E-state index contributed by atoms with van der Waals surface area (Å²) in [5, 5.41) is 25.0. The molecule has 1 atom stereocenters. The number of rotatable bonds is 7. The largest absolute Gasteiger partial charge is 0.497 e.